The molecular weight excluding hydrogens is 248 g/mol. The minimum atomic E-state index is -1.18. The fraction of sp³-hybridized carbons (Fsp3) is 0.462. The molecule has 0 fully saturated rings. The van der Waals surface area contributed by atoms with Crippen molar-refractivity contribution in [1.29, 1.82) is 0 Å². The second-order valence-corrected chi connectivity index (χ2v) is 4.67. The van der Waals surface area contributed by atoms with E-state index in [2.05, 4.69) is 5.32 Å². The minimum Gasteiger partial charge on any atom is -0.478 e. The number of benzene rings is 1. The normalized spacial score (nSPS) is 12.2. The Kier molecular flexibility index (Phi) is 4.86. The number of nitrogens with zero attached hydrogens (tertiary/aromatic N) is 1. The van der Waals surface area contributed by atoms with E-state index in [0.717, 1.165) is 6.42 Å². The van der Waals surface area contributed by atoms with E-state index >= 15 is 0 Å². The smallest absolute Gasteiger partial charge is 0.338 e. The predicted octanol–water partition coefficient (Wildman–Crippen LogP) is 3.14. The zero-order valence-electron chi connectivity index (χ0n) is 11.2. The van der Waals surface area contributed by atoms with Gasteiger partial charge >= 0.3 is 5.97 Å². The summed E-state index contributed by atoms with van der Waals surface area (Å²) in [5.74, 6) is -0.934. The van der Waals surface area contributed by atoms with Gasteiger partial charge in [-0.3, -0.25) is 10.1 Å². The Balaban J connectivity index is 3.28. The lowest BCUT2D eigenvalue weighted by Crippen LogP contribution is -2.26. The van der Waals surface area contributed by atoms with Crippen LogP contribution < -0.4 is 5.32 Å². The van der Waals surface area contributed by atoms with Gasteiger partial charge in [-0.05, 0) is 18.4 Å². The average Bonchev–Trinajstić information content (AvgIpc) is 2.34. The van der Waals surface area contributed by atoms with Gasteiger partial charge in [0.05, 0.1) is 10.5 Å². The molecule has 0 radical (unpaired) electrons. The van der Waals surface area contributed by atoms with Crippen LogP contribution in [0.5, 0.6) is 0 Å². The van der Waals surface area contributed by atoms with Crippen LogP contribution in [0.1, 0.15) is 37.6 Å². The van der Waals surface area contributed by atoms with Crippen molar-refractivity contribution in [3.63, 3.8) is 0 Å². The number of hydrogen-bond acceptors (Lipinski definition) is 4. The Bertz CT molecular complexity index is 453. The second-order valence-electron chi connectivity index (χ2n) is 4.67. The number of para-hydroxylation sites is 1. The van der Waals surface area contributed by atoms with Gasteiger partial charge in [-0.25, -0.2) is 4.79 Å². The summed E-state index contributed by atoms with van der Waals surface area (Å²) in [4.78, 5) is 21.6. The van der Waals surface area contributed by atoms with Crippen molar-refractivity contribution in [2.75, 3.05) is 5.32 Å². The molecule has 0 aliphatic rings. The highest BCUT2D eigenvalue weighted by atomic mass is 16.6. The van der Waals surface area contributed by atoms with Crippen LogP contribution in [0.25, 0.3) is 0 Å². The second kappa shape index (κ2) is 6.17. The van der Waals surface area contributed by atoms with Crippen molar-refractivity contribution in [1.82, 2.24) is 0 Å². The summed E-state index contributed by atoms with van der Waals surface area (Å²) in [5, 5.41) is 23.1. The maximum atomic E-state index is 11.2. The molecule has 0 saturated carbocycles. The molecule has 0 aliphatic carbocycles. The summed E-state index contributed by atoms with van der Waals surface area (Å²) in [6.07, 6.45) is 0.753. The van der Waals surface area contributed by atoms with E-state index in [1.165, 1.54) is 18.2 Å². The Morgan fingerprint density at radius 2 is 2.11 bits per heavy atom. The number of nitro groups is 1. The third-order valence-corrected chi connectivity index (χ3v) is 3.04. The van der Waals surface area contributed by atoms with Gasteiger partial charge in [-0.1, -0.05) is 26.8 Å². The van der Waals surface area contributed by atoms with Crippen LogP contribution in [-0.4, -0.2) is 22.0 Å². The van der Waals surface area contributed by atoms with E-state index < -0.39 is 10.9 Å². The molecule has 0 heterocycles. The molecular formula is C13H18N2O4. The molecule has 1 unspecified atom stereocenters. The highest BCUT2D eigenvalue weighted by Gasteiger charge is 2.24. The summed E-state index contributed by atoms with van der Waals surface area (Å²) >= 11 is 0. The Hall–Kier alpha value is -2.11. The van der Waals surface area contributed by atoms with E-state index in [-0.39, 0.29) is 28.9 Å². The van der Waals surface area contributed by atoms with Crippen LogP contribution in [0.15, 0.2) is 18.2 Å². The topological polar surface area (TPSA) is 92.5 Å². The first-order chi connectivity index (χ1) is 8.88. The molecule has 0 saturated heterocycles. The fourth-order valence-electron chi connectivity index (χ4n) is 1.95. The lowest BCUT2D eigenvalue weighted by Gasteiger charge is -2.22. The average molecular weight is 266 g/mol. The van der Waals surface area contributed by atoms with E-state index in [0.29, 0.717) is 0 Å². The third-order valence-electron chi connectivity index (χ3n) is 3.04. The molecule has 0 amide bonds. The van der Waals surface area contributed by atoms with Crippen molar-refractivity contribution in [2.45, 2.75) is 33.2 Å². The zero-order valence-corrected chi connectivity index (χ0v) is 11.2. The van der Waals surface area contributed by atoms with Crippen LogP contribution in [0.2, 0.25) is 0 Å². The van der Waals surface area contributed by atoms with Gasteiger partial charge in [0.2, 0.25) is 0 Å². The SMILES string of the molecule is CCC(Nc1c(C(=O)O)cccc1[N+](=O)[O-])C(C)C. The van der Waals surface area contributed by atoms with Crippen molar-refractivity contribution in [3.05, 3.63) is 33.9 Å². The first-order valence-electron chi connectivity index (χ1n) is 6.15. The van der Waals surface area contributed by atoms with Crippen LogP contribution >= 0.6 is 0 Å². The van der Waals surface area contributed by atoms with Crippen molar-refractivity contribution < 1.29 is 14.8 Å². The number of carboxylic acid groups (broad SMARTS) is 1. The summed E-state index contributed by atoms with van der Waals surface area (Å²) in [5.41, 5.74) is -0.201. The number of carbonyl (C=O) groups is 1. The molecule has 6 nitrogen and oxygen atoms in total. The Labute approximate surface area is 111 Å². The van der Waals surface area contributed by atoms with Crippen LogP contribution in [0.3, 0.4) is 0 Å². The maximum Gasteiger partial charge on any atom is 0.338 e. The maximum absolute atomic E-state index is 11.2. The van der Waals surface area contributed by atoms with Crippen LogP contribution in [-0.2, 0) is 0 Å². The highest BCUT2D eigenvalue weighted by molar-refractivity contribution is 5.96. The van der Waals surface area contributed by atoms with Crippen LogP contribution in [0.4, 0.5) is 11.4 Å². The van der Waals surface area contributed by atoms with E-state index in [9.17, 15) is 14.9 Å². The summed E-state index contributed by atoms with van der Waals surface area (Å²) in [7, 11) is 0. The van der Waals surface area contributed by atoms with E-state index in [1.54, 1.807) is 0 Å². The van der Waals surface area contributed by atoms with Gasteiger partial charge in [0.1, 0.15) is 5.69 Å². The largest absolute Gasteiger partial charge is 0.478 e. The lowest BCUT2D eigenvalue weighted by atomic mass is 10.0. The van der Waals surface area contributed by atoms with Gasteiger partial charge in [-0.2, -0.15) is 0 Å². The monoisotopic (exact) mass is 266 g/mol. The molecule has 1 rings (SSSR count). The molecule has 2 N–H and O–H groups in total. The summed E-state index contributed by atoms with van der Waals surface area (Å²) in [6, 6.07) is 4.04. The Morgan fingerprint density at radius 3 is 2.53 bits per heavy atom. The summed E-state index contributed by atoms with van der Waals surface area (Å²) in [6.45, 7) is 5.92. The molecule has 0 bridgehead atoms. The number of aromatic carboxylic acids is 1. The minimum absolute atomic E-state index is 0.0146. The molecule has 19 heavy (non-hydrogen) atoms. The molecule has 0 aliphatic heterocycles. The van der Waals surface area contributed by atoms with Crippen molar-refractivity contribution in [3.8, 4) is 0 Å². The highest BCUT2D eigenvalue weighted by Crippen LogP contribution is 2.30. The predicted molar refractivity (Wildman–Crippen MR) is 72.6 cm³/mol. The zero-order chi connectivity index (χ0) is 14.6. The molecule has 104 valence electrons. The molecule has 1 aromatic rings. The molecule has 6 heteroatoms. The first-order valence-corrected chi connectivity index (χ1v) is 6.15. The van der Waals surface area contributed by atoms with Gasteiger partial charge in [0.25, 0.3) is 5.69 Å². The number of carboxylic acids is 1. The van der Waals surface area contributed by atoms with Crippen molar-refractivity contribution >= 4 is 17.3 Å². The van der Waals surface area contributed by atoms with Gasteiger partial charge in [0.15, 0.2) is 0 Å². The number of hydrogen-bond donors (Lipinski definition) is 2. The molecule has 0 spiro atoms. The van der Waals surface area contributed by atoms with E-state index in [1.807, 2.05) is 20.8 Å². The van der Waals surface area contributed by atoms with E-state index in [4.69, 9.17) is 5.11 Å². The number of nitrogens with one attached hydrogen (secondary N) is 1. The van der Waals surface area contributed by atoms with Gasteiger partial charge in [-0.15, -0.1) is 0 Å². The van der Waals surface area contributed by atoms with Gasteiger partial charge in [0, 0.05) is 12.1 Å². The number of anilines is 1. The van der Waals surface area contributed by atoms with Crippen molar-refractivity contribution in [2.24, 2.45) is 5.92 Å². The van der Waals surface area contributed by atoms with Gasteiger partial charge < -0.3 is 10.4 Å². The molecule has 0 aromatic heterocycles. The fourth-order valence-corrected chi connectivity index (χ4v) is 1.95. The quantitative estimate of drug-likeness (QED) is 0.609. The number of rotatable bonds is 6. The molecule has 1 aromatic carbocycles. The summed E-state index contributed by atoms with van der Waals surface area (Å²) < 4.78 is 0. The Morgan fingerprint density at radius 1 is 1.47 bits per heavy atom. The lowest BCUT2D eigenvalue weighted by molar-refractivity contribution is -0.384. The third kappa shape index (κ3) is 3.43. The van der Waals surface area contributed by atoms with Crippen LogP contribution in [0, 0.1) is 16.0 Å². The standard InChI is InChI=1S/C13H18N2O4/c1-4-10(8(2)3)14-12-9(13(16)17)6-5-7-11(12)15(18)19/h5-8,10,14H,4H2,1-3H3,(H,16,17). The first kappa shape index (κ1) is 14.9. The number of nitro benzene ring substituents is 1. The molecule has 1 atom stereocenters.